The quantitative estimate of drug-likeness (QED) is 0.706. The van der Waals surface area contributed by atoms with Crippen molar-refractivity contribution in [2.24, 2.45) is 0 Å². The van der Waals surface area contributed by atoms with Gasteiger partial charge >= 0.3 is 0 Å². The van der Waals surface area contributed by atoms with Crippen molar-refractivity contribution in [1.29, 1.82) is 0 Å². The molecular weight excluding hydrogens is 247 g/mol. The predicted molar refractivity (Wildman–Crippen MR) is 69.9 cm³/mol. The average Bonchev–Trinajstić information content (AvgIpc) is 2.90. The second-order valence-electron chi connectivity index (χ2n) is 4.14. The number of nitrogen functional groups attached to an aromatic ring is 1. The molecule has 2 aromatic carbocycles. The third-order valence-corrected chi connectivity index (χ3v) is 2.84. The molecule has 0 unspecified atom stereocenters. The van der Waals surface area contributed by atoms with E-state index >= 15 is 0 Å². The van der Waals surface area contributed by atoms with E-state index in [2.05, 4.69) is 20.3 Å². The number of halogens is 1. The number of benzene rings is 2. The van der Waals surface area contributed by atoms with E-state index in [1.54, 1.807) is 18.2 Å². The van der Waals surface area contributed by atoms with Gasteiger partial charge in [0.2, 0.25) is 0 Å². The topological polar surface area (TPSA) is 77.0 Å². The number of rotatable bonds is 3. The Bertz CT molecular complexity index is 708. The van der Waals surface area contributed by atoms with Gasteiger partial charge in [-0.25, -0.2) is 9.02 Å². The van der Waals surface area contributed by atoms with Crippen LogP contribution in [0, 0.1) is 5.82 Å². The maximum Gasteiger partial charge on any atom is 0.160 e. The molecule has 19 heavy (non-hydrogen) atoms. The number of anilines is 2. The molecule has 0 aliphatic carbocycles. The van der Waals surface area contributed by atoms with E-state index in [1.807, 2.05) is 6.07 Å². The highest BCUT2D eigenvalue weighted by Crippen LogP contribution is 2.25. The molecule has 3 aromatic rings. The molecule has 96 valence electrons. The van der Waals surface area contributed by atoms with Gasteiger partial charge in [-0.05, 0) is 40.1 Å². The molecule has 6 heteroatoms. The van der Waals surface area contributed by atoms with Crippen LogP contribution in [0.1, 0.15) is 5.56 Å². The first-order valence-corrected chi connectivity index (χ1v) is 5.73. The van der Waals surface area contributed by atoms with Gasteiger partial charge in [0.25, 0.3) is 0 Å². The highest BCUT2D eigenvalue weighted by Gasteiger charge is 2.09. The molecule has 1 heterocycles. The van der Waals surface area contributed by atoms with Crippen LogP contribution in [-0.4, -0.2) is 10.3 Å². The first-order chi connectivity index (χ1) is 9.24. The van der Waals surface area contributed by atoms with Gasteiger partial charge in [-0.1, -0.05) is 12.1 Å². The van der Waals surface area contributed by atoms with E-state index in [4.69, 9.17) is 5.73 Å². The summed E-state index contributed by atoms with van der Waals surface area (Å²) in [5, 5.41) is 10.8. The third-order valence-electron chi connectivity index (χ3n) is 2.84. The third kappa shape index (κ3) is 2.20. The zero-order valence-corrected chi connectivity index (χ0v) is 9.93. The lowest BCUT2D eigenvalue weighted by molar-refractivity contribution is 0.316. The Morgan fingerprint density at radius 3 is 2.58 bits per heavy atom. The number of nitrogens with zero attached hydrogens (tertiary/aromatic N) is 2. The fourth-order valence-electron chi connectivity index (χ4n) is 1.83. The zero-order valence-electron chi connectivity index (χ0n) is 9.93. The lowest BCUT2D eigenvalue weighted by Crippen LogP contribution is -2.00. The van der Waals surface area contributed by atoms with E-state index in [0.29, 0.717) is 23.3 Å². The molecule has 3 N–H and O–H groups in total. The highest BCUT2D eigenvalue weighted by atomic mass is 19.1. The van der Waals surface area contributed by atoms with Gasteiger partial charge < -0.3 is 11.1 Å². The normalized spacial score (nSPS) is 10.8. The molecule has 0 bridgehead atoms. The Kier molecular flexibility index (Phi) is 2.75. The zero-order chi connectivity index (χ0) is 13.2. The average molecular weight is 258 g/mol. The van der Waals surface area contributed by atoms with Gasteiger partial charge in [-0.3, -0.25) is 0 Å². The Morgan fingerprint density at radius 2 is 1.79 bits per heavy atom. The molecule has 0 atom stereocenters. The van der Waals surface area contributed by atoms with Crippen molar-refractivity contribution in [2.75, 3.05) is 11.1 Å². The van der Waals surface area contributed by atoms with Crippen molar-refractivity contribution in [3.05, 3.63) is 47.8 Å². The van der Waals surface area contributed by atoms with Crippen molar-refractivity contribution in [1.82, 2.24) is 10.3 Å². The van der Waals surface area contributed by atoms with Crippen LogP contribution in [-0.2, 0) is 6.54 Å². The summed E-state index contributed by atoms with van der Waals surface area (Å²) in [4.78, 5) is 0. The van der Waals surface area contributed by atoms with Crippen molar-refractivity contribution in [3.8, 4) is 0 Å². The van der Waals surface area contributed by atoms with Crippen LogP contribution in [0.2, 0.25) is 0 Å². The second-order valence-corrected chi connectivity index (χ2v) is 4.14. The fourth-order valence-corrected chi connectivity index (χ4v) is 1.83. The molecule has 0 saturated heterocycles. The number of nitrogens with one attached hydrogen (secondary N) is 1. The smallest absolute Gasteiger partial charge is 0.160 e. The predicted octanol–water partition coefficient (Wildman–Crippen LogP) is 2.56. The van der Waals surface area contributed by atoms with E-state index < -0.39 is 0 Å². The fraction of sp³-hybridized carbons (Fsp3) is 0.0769. The van der Waals surface area contributed by atoms with Crippen LogP contribution in [0.5, 0.6) is 0 Å². The summed E-state index contributed by atoms with van der Waals surface area (Å²) in [7, 11) is 0. The SMILES string of the molecule is Nc1ccc(NCc2ccc(F)cc2)c2nonc12. The minimum Gasteiger partial charge on any atom is -0.397 e. The molecule has 0 aliphatic heterocycles. The Hall–Kier alpha value is -2.63. The van der Waals surface area contributed by atoms with Crippen molar-refractivity contribution >= 4 is 22.4 Å². The van der Waals surface area contributed by atoms with E-state index in [1.165, 1.54) is 12.1 Å². The molecule has 0 spiro atoms. The summed E-state index contributed by atoms with van der Waals surface area (Å²) in [6.07, 6.45) is 0. The lowest BCUT2D eigenvalue weighted by atomic mass is 10.2. The maximum atomic E-state index is 12.8. The summed E-state index contributed by atoms with van der Waals surface area (Å²) in [6, 6.07) is 9.83. The van der Waals surface area contributed by atoms with Gasteiger partial charge in [0.15, 0.2) is 11.0 Å². The molecule has 5 nitrogen and oxygen atoms in total. The molecular formula is C13H11FN4O. The van der Waals surface area contributed by atoms with Crippen LogP contribution in [0.15, 0.2) is 41.0 Å². The number of fused-ring (bicyclic) bond motifs is 1. The lowest BCUT2D eigenvalue weighted by Gasteiger charge is -2.07. The standard InChI is InChI=1S/C13H11FN4O/c14-9-3-1-8(2-4-9)7-16-11-6-5-10(15)12-13(11)18-19-17-12/h1-6,16H,7,15H2. The Morgan fingerprint density at radius 1 is 1.05 bits per heavy atom. The molecule has 0 fully saturated rings. The molecule has 1 aromatic heterocycles. The monoisotopic (exact) mass is 258 g/mol. The van der Waals surface area contributed by atoms with Crippen LogP contribution in [0.3, 0.4) is 0 Å². The Balaban J connectivity index is 1.84. The molecule has 0 saturated carbocycles. The number of hydrogen-bond acceptors (Lipinski definition) is 5. The van der Waals surface area contributed by atoms with Gasteiger partial charge in [0.05, 0.1) is 11.4 Å². The van der Waals surface area contributed by atoms with Gasteiger partial charge in [-0.2, -0.15) is 0 Å². The van der Waals surface area contributed by atoms with Crippen molar-refractivity contribution in [2.45, 2.75) is 6.54 Å². The van der Waals surface area contributed by atoms with Crippen LogP contribution in [0.4, 0.5) is 15.8 Å². The van der Waals surface area contributed by atoms with E-state index in [-0.39, 0.29) is 5.82 Å². The summed E-state index contributed by atoms with van der Waals surface area (Å²) < 4.78 is 17.5. The molecule has 0 radical (unpaired) electrons. The Labute approximate surface area is 108 Å². The number of aromatic nitrogens is 2. The number of nitrogens with two attached hydrogens (primary N) is 1. The minimum atomic E-state index is -0.251. The highest BCUT2D eigenvalue weighted by molar-refractivity contribution is 5.94. The maximum absolute atomic E-state index is 12.8. The summed E-state index contributed by atoms with van der Waals surface area (Å²) in [5.74, 6) is -0.251. The summed E-state index contributed by atoms with van der Waals surface area (Å²) in [6.45, 7) is 0.548. The van der Waals surface area contributed by atoms with Crippen LogP contribution < -0.4 is 11.1 Å². The van der Waals surface area contributed by atoms with Crippen molar-refractivity contribution in [3.63, 3.8) is 0 Å². The van der Waals surface area contributed by atoms with Gasteiger partial charge in [0.1, 0.15) is 5.82 Å². The summed E-state index contributed by atoms with van der Waals surface area (Å²) in [5.41, 5.74) is 9.13. The second kappa shape index (κ2) is 4.56. The largest absolute Gasteiger partial charge is 0.397 e. The van der Waals surface area contributed by atoms with E-state index in [0.717, 1.165) is 11.3 Å². The van der Waals surface area contributed by atoms with Crippen LogP contribution in [0.25, 0.3) is 11.0 Å². The molecule has 0 aliphatic rings. The first-order valence-electron chi connectivity index (χ1n) is 5.73. The minimum absolute atomic E-state index is 0.251. The van der Waals surface area contributed by atoms with Gasteiger partial charge in [0, 0.05) is 6.54 Å². The molecule has 0 amide bonds. The molecule has 3 rings (SSSR count). The van der Waals surface area contributed by atoms with E-state index in [9.17, 15) is 4.39 Å². The summed E-state index contributed by atoms with van der Waals surface area (Å²) >= 11 is 0. The first kappa shape index (κ1) is 11.5. The van der Waals surface area contributed by atoms with Crippen LogP contribution >= 0.6 is 0 Å². The van der Waals surface area contributed by atoms with Crippen molar-refractivity contribution < 1.29 is 9.02 Å². The number of hydrogen-bond donors (Lipinski definition) is 2. The van der Waals surface area contributed by atoms with Gasteiger partial charge in [-0.15, -0.1) is 0 Å².